The van der Waals surface area contributed by atoms with Crippen molar-refractivity contribution >= 4 is 17.7 Å². The van der Waals surface area contributed by atoms with Gasteiger partial charge in [0.15, 0.2) is 5.69 Å². The van der Waals surface area contributed by atoms with Crippen molar-refractivity contribution in [3.05, 3.63) is 77.1 Å². The van der Waals surface area contributed by atoms with Gasteiger partial charge in [-0.15, -0.1) is 0 Å². The standard InChI is InChI=1S/C26H29N5O5/c1-26(25(34)28-14-17-8-6-5-7-9-17)16-31-21(24(33)30(26)2)13-20(29-31)23(32)27-15-18-10-11-19(35-3)12-22(18)36-4/h5-13H,14-16H2,1-4H3,(H,27,32)(H,28,34)/t26-/m0/s1. The Balaban J connectivity index is 1.47. The molecule has 3 aromatic rings. The van der Waals surface area contributed by atoms with Crippen LogP contribution < -0.4 is 20.1 Å². The van der Waals surface area contributed by atoms with E-state index in [2.05, 4.69) is 15.7 Å². The Morgan fingerprint density at radius 1 is 1.03 bits per heavy atom. The molecule has 2 aromatic carbocycles. The number of benzene rings is 2. The van der Waals surface area contributed by atoms with Crippen LogP contribution in [0, 0.1) is 0 Å². The molecule has 0 fully saturated rings. The van der Waals surface area contributed by atoms with E-state index in [1.807, 2.05) is 30.3 Å². The van der Waals surface area contributed by atoms with Crippen LogP contribution in [0.2, 0.25) is 0 Å². The number of carbonyl (C=O) groups is 3. The Labute approximate surface area is 209 Å². The number of nitrogens with zero attached hydrogens (tertiary/aromatic N) is 3. The first kappa shape index (κ1) is 24.8. The lowest BCUT2D eigenvalue weighted by Crippen LogP contribution is -2.62. The number of carbonyl (C=O) groups excluding carboxylic acids is 3. The molecule has 2 heterocycles. The van der Waals surface area contributed by atoms with Gasteiger partial charge >= 0.3 is 0 Å². The first-order chi connectivity index (χ1) is 17.3. The van der Waals surface area contributed by atoms with Crippen LogP contribution in [0.4, 0.5) is 0 Å². The average molecular weight is 492 g/mol. The maximum Gasteiger partial charge on any atom is 0.272 e. The summed E-state index contributed by atoms with van der Waals surface area (Å²) in [5, 5.41) is 10.0. The van der Waals surface area contributed by atoms with Gasteiger partial charge < -0.3 is 25.0 Å². The lowest BCUT2D eigenvalue weighted by Gasteiger charge is -2.40. The van der Waals surface area contributed by atoms with E-state index in [0.29, 0.717) is 18.0 Å². The van der Waals surface area contributed by atoms with Crippen LogP contribution in [0.3, 0.4) is 0 Å². The van der Waals surface area contributed by atoms with Gasteiger partial charge in [0.2, 0.25) is 5.91 Å². The molecule has 4 rings (SSSR count). The van der Waals surface area contributed by atoms with Gasteiger partial charge in [0, 0.05) is 37.8 Å². The second kappa shape index (κ2) is 10.1. The number of hydrogen-bond acceptors (Lipinski definition) is 6. The number of amides is 3. The van der Waals surface area contributed by atoms with Crippen molar-refractivity contribution in [1.82, 2.24) is 25.3 Å². The van der Waals surface area contributed by atoms with Crippen LogP contribution in [-0.2, 0) is 24.4 Å². The predicted molar refractivity (Wildman–Crippen MR) is 132 cm³/mol. The second-order valence-electron chi connectivity index (χ2n) is 8.74. The van der Waals surface area contributed by atoms with Crippen molar-refractivity contribution in [3.63, 3.8) is 0 Å². The Kier molecular flexibility index (Phi) is 6.96. The lowest BCUT2D eigenvalue weighted by molar-refractivity contribution is -0.132. The number of hydrogen-bond donors (Lipinski definition) is 2. The molecule has 0 saturated carbocycles. The van der Waals surface area contributed by atoms with E-state index in [0.717, 1.165) is 11.1 Å². The van der Waals surface area contributed by atoms with Gasteiger partial charge in [-0.3, -0.25) is 19.1 Å². The maximum atomic E-state index is 13.1. The van der Waals surface area contributed by atoms with Crippen molar-refractivity contribution in [2.45, 2.75) is 32.1 Å². The molecule has 1 aliphatic heterocycles. The highest BCUT2D eigenvalue weighted by molar-refractivity contribution is 6.01. The molecule has 36 heavy (non-hydrogen) atoms. The van der Waals surface area contributed by atoms with Gasteiger partial charge in [-0.1, -0.05) is 30.3 Å². The van der Waals surface area contributed by atoms with Crippen molar-refractivity contribution in [2.75, 3.05) is 21.3 Å². The van der Waals surface area contributed by atoms with Crippen LogP contribution in [0.5, 0.6) is 11.5 Å². The van der Waals surface area contributed by atoms with Crippen LogP contribution in [-0.4, -0.2) is 59.2 Å². The largest absolute Gasteiger partial charge is 0.497 e. The van der Waals surface area contributed by atoms with E-state index >= 15 is 0 Å². The first-order valence-electron chi connectivity index (χ1n) is 11.4. The van der Waals surface area contributed by atoms with Gasteiger partial charge in [0.25, 0.3) is 11.8 Å². The minimum absolute atomic E-state index is 0.0909. The molecular formula is C26H29N5O5. The van der Waals surface area contributed by atoms with Crippen molar-refractivity contribution in [1.29, 1.82) is 0 Å². The van der Waals surface area contributed by atoms with Crippen LogP contribution in [0.25, 0.3) is 0 Å². The van der Waals surface area contributed by atoms with Gasteiger partial charge in [-0.05, 0) is 24.6 Å². The summed E-state index contributed by atoms with van der Waals surface area (Å²) < 4.78 is 12.0. The van der Waals surface area contributed by atoms with E-state index in [1.54, 1.807) is 46.4 Å². The predicted octanol–water partition coefficient (Wildman–Crippen LogP) is 1.99. The summed E-state index contributed by atoms with van der Waals surface area (Å²) in [4.78, 5) is 40.5. The molecule has 3 amide bonds. The summed E-state index contributed by atoms with van der Waals surface area (Å²) in [7, 11) is 4.68. The van der Waals surface area contributed by atoms with Crippen LogP contribution in [0.1, 0.15) is 39.0 Å². The lowest BCUT2D eigenvalue weighted by atomic mass is 9.96. The minimum Gasteiger partial charge on any atom is -0.497 e. The third kappa shape index (κ3) is 4.74. The zero-order chi connectivity index (χ0) is 25.9. The third-order valence-corrected chi connectivity index (χ3v) is 6.45. The number of methoxy groups -OCH3 is 2. The van der Waals surface area contributed by atoms with E-state index in [4.69, 9.17) is 9.47 Å². The smallest absolute Gasteiger partial charge is 0.272 e. The number of nitrogens with one attached hydrogen (secondary N) is 2. The number of fused-ring (bicyclic) bond motifs is 1. The highest BCUT2D eigenvalue weighted by Gasteiger charge is 2.46. The summed E-state index contributed by atoms with van der Waals surface area (Å²) in [6.45, 7) is 2.34. The molecule has 2 N–H and O–H groups in total. The normalized spacial score (nSPS) is 16.8. The minimum atomic E-state index is -1.17. The summed E-state index contributed by atoms with van der Waals surface area (Å²) >= 11 is 0. The average Bonchev–Trinajstić information content (AvgIpc) is 3.33. The second-order valence-corrected chi connectivity index (χ2v) is 8.74. The maximum absolute atomic E-state index is 13.1. The SMILES string of the molecule is COc1ccc(CNC(=O)c2cc3n(n2)C[C@@](C)(C(=O)NCc2ccccc2)N(C)C3=O)c(OC)c1. The fraction of sp³-hybridized carbons (Fsp3) is 0.308. The van der Waals surface area contributed by atoms with Gasteiger partial charge in [0.05, 0.1) is 20.8 Å². The molecule has 0 spiro atoms. The zero-order valence-corrected chi connectivity index (χ0v) is 20.7. The molecular weight excluding hydrogens is 462 g/mol. The number of ether oxygens (including phenoxy) is 2. The molecule has 1 aliphatic rings. The Hall–Kier alpha value is -4.34. The molecule has 0 radical (unpaired) electrons. The molecule has 0 saturated heterocycles. The number of aromatic nitrogens is 2. The molecule has 1 atom stereocenters. The monoisotopic (exact) mass is 491 g/mol. The fourth-order valence-electron chi connectivity index (χ4n) is 4.07. The third-order valence-electron chi connectivity index (χ3n) is 6.45. The quantitative estimate of drug-likeness (QED) is 0.498. The molecule has 10 heteroatoms. The van der Waals surface area contributed by atoms with Gasteiger partial charge in [-0.25, -0.2) is 0 Å². The van der Waals surface area contributed by atoms with Crippen molar-refractivity contribution < 1.29 is 23.9 Å². The molecule has 1 aromatic heterocycles. The summed E-state index contributed by atoms with van der Waals surface area (Å²) in [5.41, 5.74) is 0.876. The van der Waals surface area contributed by atoms with Crippen molar-refractivity contribution in [3.8, 4) is 11.5 Å². The number of rotatable bonds is 8. The van der Waals surface area contributed by atoms with Gasteiger partial charge in [0.1, 0.15) is 22.7 Å². The Bertz CT molecular complexity index is 1290. The molecule has 0 aliphatic carbocycles. The molecule has 0 unspecified atom stereocenters. The zero-order valence-electron chi connectivity index (χ0n) is 20.7. The van der Waals surface area contributed by atoms with Crippen LogP contribution >= 0.6 is 0 Å². The Morgan fingerprint density at radius 2 is 1.78 bits per heavy atom. The number of likely N-dealkylation sites (N-methyl/N-ethyl adjacent to an activating group) is 1. The fourth-order valence-corrected chi connectivity index (χ4v) is 4.07. The molecule has 0 bridgehead atoms. The first-order valence-corrected chi connectivity index (χ1v) is 11.4. The highest BCUT2D eigenvalue weighted by atomic mass is 16.5. The van der Waals surface area contributed by atoms with E-state index in [1.165, 1.54) is 15.6 Å². The molecule has 188 valence electrons. The topological polar surface area (TPSA) is 115 Å². The van der Waals surface area contributed by atoms with E-state index < -0.39 is 11.4 Å². The van der Waals surface area contributed by atoms with Gasteiger partial charge in [-0.2, -0.15) is 5.10 Å². The van der Waals surface area contributed by atoms with Crippen LogP contribution in [0.15, 0.2) is 54.6 Å². The summed E-state index contributed by atoms with van der Waals surface area (Å²) in [6.07, 6.45) is 0. The summed E-state index contributed by atoms with van der Waals surface area (Å²) in [6, 6.07) is 16.3. The van der Waals surface area contributed by atoms with E-state index in [9.17, 15) is 14.4 Å². The molecule has 10 nitrogen and oxygen atoms in total. The summed E-state index contributed by atoms with van der Waals surface area (Å²) in [5.74, 6) is 0.0819. The Morgan fingerprint density at radius 3 is 2.47 bits per heavy atom. The van der Waals surface area contributed by atoms with Crippen molar-refractivity contribution in [2.24, 2.45) is 0 Å². The van der Waals surface area contributed by atoms with E-state index in [-0.39, 0.29) is 36.3 Å². The highest BCUT2D eigenvalue weighted by Crippen LogP contribution is 2.27.